The van der Waals surface area contributed by atoms with Crippen molar-refractivity contribution >= 4 is 35.6 Å². The van der Waals surface area contributed by atoms with Gasteiger partial charge < -0.3 is 20.7 Å². The van der Waals surface area contributed by atoms with Crippen LogP contribution in [0.2, 0.25) is 0 Å². The molecule has 0 spiro atoms. The standard InChI is InChI=1S/C19H34N4O.HI/c1-6-15-10-9-11-16(7-2)18(15)22-19(20)21-14-17(24-8-3)12-13-23(4)5;/h9-11,17H,6-8,12-14H2,1-5H3,(H3,20,21,22);1H. The van der Waals surface area contributed by atoms with Gasteiger partial charge in [0.05, 0.1) is 12.6 Å². The number of ether oxygens (including phenoxy) is 1. The number of benzene rings is 1. The number of hydrogen-bond acceptors (Lipinski definition) is 3. The number of hydrogen-bond donors (Lipinski definition) is 2. The molecule has 0 aromatic heterocycles. The van der Waals surface area contributed by atoms with Gasteiger partial charge in [-0.3, -0.25) is 4.99 Å². The molecule has 3 N–H and O–H groups in total. The van der Waals surface area contributed by atoms with Crippen LogP contribution in [0.15, 0.2) is 23.2 Å². The highest BCUT2D eigenvalue weighted by atomic mass is 127. The Labute approximate surface area is 170 Å². The van der Waals surface area contributed by atoms with Crippen LogP contribution in [0.5, 0.6) is 0 Å². The molecule has 0 aliphatic carbocycles. The first-order valence-corrected chi connectivity index (χ1v) is 8.95. The molecule has 0 bridgehead atoms. The van der Waals surface area contributed by atoms with Crippen molar-refractivity contribution in [2.45, 2.75) is 46.1 Å². The molecule has 5 nitrogen and oxygen atoms in total. The maximum Gasteiger partial charge on any atom is 0.193 e. The summed E-state index contributed by atoms with van der Waals surface area (Å²) in [6.45, 7) is 8.57. The van der Waals surface area contributed by atoms with E-state index in [4.69, 9.17) is 10.5 Å². The van der Waals surface area contributed by atoms with E-state index in [0.717, 1.165) is 31.5 Å². The highest BCUT2D eigenvalue weighted by Gasteiger charge is 2.10. The molecular formula is C19H35IN4O. The zero-order valence-electron chi connectivity index (χ0n) is 16.3. The lowest BCUT2D eigenvalue weighted by Gasteiger charge is -2.18. The van der Waals surface area contributed by atoms with Crippen LogP contribution in [-0.2, 0) is 17.6 Å². The van der Waals surface area contributed by atoms with Gasteiger partial charge in [-0.05, 0) is 51.4 Å². The molecule has 0 saturated carbocycles. The minimum Gasteiger partial charge on any atom is -0.377 e. The Morgan fingerprint density at radius 2 is 1.80 bits per heavy atom. The van der Waals surface area contributed by atoms with Crippen molar-refractivity contribution in [3.05, 3.63) is 29.3 Å². The topological polar surface area (TPSA) is 62.9 Å². The predicted octanol–water partition coefficient (Wildman–Crippen LogP) is 3.51. The third-order valence-electron chi connectivity index (χ3n) is 4.02. The monoisotopic (exact) mass is 462 g/mol. The van der Waals surface area contributed by atoms with Gasteiger partial charge in [0.25, 0.3) is 0 Å². The smallest absolute Gasteiger partial charge is 0.193 e. The van der Waals surface area contributed by atoms with Crippen molar-refractivity contribution in [1.82, 2.24) is 4.90 Å². The van der Waals surface area contributed by atoms with Crippen molar-refractivity contribution in [1.29, 1.82) is 0 Å². The molecule has 1 rings (SSSR count). The van der Waals surface area contributed by atoms with Crippen LogP contribution in [0.25, 0.3) is 0 Å². The fourth-order valence-electron chi connectivity index (χ4n) is 2.64. The quantitative estimate of drug-likeness (QED) is 0.318. The molecule has 1 aromatic carbocycles. The van der Waals surface area contributed by atoms with E-state index >= 15 is 0 Å². The first-order chi connectivity index (χ1) is 11.5. The van der Waals surface area contributed by atoms with Crippen molar-refractivity contribution in [3.8, 4) is 0 Å². The molecule has 0 fully saturated rings. The number of nitrogens with zero attached hydrogens (tertiary/aromatic N) is 2. The van der Waals surface area contributed by atoms with Crippen molar-refractivity contribution in [2.24, 2.45) is 10.7 Å². The Morgan fingerprint density at radius 3 is 2.28 bits per heavy atom. The van der Waals surface area contributed by atoms with E-state index in [0.29, 0.717) is 19.1 Å². The third kappa shape index (κ3) is 8.87. The van der Waals surface area contributed by atoms with E-state index in [1.54, 1.807) is 0 Å². The molecule has 0 radical (unpaired) electrons. The van der Waals surface area contributed by atoms with E-state index in [-0.39, 0.29) is 30.1 Å². The summed E-state index contributed by atoms with van der Waals surface area (Å²) in [5.74, 6) is 0.458. The fraction of sp³-hybridized carbons (Fsp3) is 0.632. The Balaban J connectivity index is 0.00000576. The first-order valence-electron chi connectivity index (χ1n) is 8.95. The number of aryl methyl sites for hydroxylation is 2. The molecule has 144 valence electrons. The summed E-state index contributed by atoms with van der Waals surface area (Å²) >= 11 is 0. The molecule has 25 heavy (non-hydrogen) atoms. The SMILES string of the molecule is CCOC(CCN(C)C)CN=C(N)Nc1c(CC)cccc1CC.I. The molecule has 0 amide bonds. The minimum absolute atomic E-state index is 0. The second-order valence-corrected chi connectivity index (χ2v) is 6.18. The summed E-state index contributed by atoms with van der Waals surface area (Å²) in [6.07, 6.45) is 2.98. The van der Waals surface area contributed by atoms with E-state index in [1.807, 2.05) is 6.92 Å². The van der Waals surface area contributed by atoms with Gasteiger partial charge in [0, 0.05) is 18.8 Å². The normalized spacial score (nSPS) is 12.8. The zero-order chi connectivity index (χ0) is 17.9. The van der Waals surface area contributed by atoms with Crippen LogP contribution in [0.4, 0.5) is 5.69 Å². The predicted molar refractivity (Wildman–Crippen MR) is 119 cm³/mol. The van der Waals surface area contributed by atoms with Gasteiger partial charge in [-0.2, -0.15) is 0 Å². The summed E-state index contributed by atoms with van der Waals surface area (Å²) in [4.78, 5) is 6.66. The van der Waals surface area contributed by atoms with E-state index in [9.17, 15) is 0 Å². The van der Waals surface area contributed by atoms with Crippen LogP contribution in [0.3, 0.4) is 0 Å². The highest BCUT2D eigenvalue weighted by Crippen LogP contribution is 2.22. The zero-order valence-corrected chi connectivity index (χ0v) is 18.7. The lowest BCUT2D eigenvalue weighted by molar-refractivity contribution is 0.0583. The molecule has 0 aliphatic heterocycles. The first kappa shape index (κ1) is 24.1. The van der Waals surface area contributed by atoms with E-state index in [2.05, 4.69) is 61.4 Å². The van der Waals surface area contributed by atoms with Crippen LogP contribution in [-0.4, -0.2) is 50.8 Å². The summed E-state index contributed by atoms with van der Waals surface area (Å²) in [5, 5.41) is 3.31. The van der Waals surface area contributed by atoms with Gasteiger partial charge >= 0.3 is 0 Å². The van der Waals surface area contributed by atoms with Crippen LogP contribution >= 0.6 is 24.0 Å². The summed E-state index contributed by atoms with van der Waals surface area (Å²) in [5.41, 5.74) is 9.76. The van der Waals surface area contributed by atoms with Gasteiger partial charge in [0.15, 0.2) is 5.96 Å². The summed E-state index contributed by atoms with van der Waals surface area (Å²) in [7, 11) is 4.13. The molecule has 0 heterocycles. The van der Waals surface area contributed by atoms with E-state index < -0.39 is 0 Å². The number of guanidine groups is 1. The molecular weight excluding hydrogens is 427 g/mol. The Kier molecular flexibility index (Phi) is 12.9. The number of anilines is 1. The second kappa shape index (κ2) is 13.4. The van der Waals surface area contributed by atoms with Crippen molar-refractivity contribution in [2.75, 3.05) is 39.1 Å². The molecule has 0 saturated heterocycles. The van der Waals surface area contributed by atoms with Gasteiger partial charge in [0.1, 0.15) is 0 Å². The molecule has 1 unspecified atom stereocenters. The number of aliphatic imine (C=N–C) groups is 1. The van der Waals surface area contributed by atoms with Gasteiger partial charge in [-0.25, -0.2) is 0 Å². The van der Waals surface area contributed by atoms with Crippen LogP contribution < -0.4 is 11.1 Å². The molecule has 6 heteroatoms. The Bertz CT molecular complexity index is 498. The molecule has 1 aromatic rings. The van der Waals surface area contributed by atoms with Gasteiger partial charge in [-0.1, -0.05) is 32.0 Å². The van der Waals surface area contributed by atoms with Gasteiger partial charge in [-0.15, -0.1) is 24.0 Å². The number of nitrogens with two attached hydrogens (primary N) is 1. The van der Waals surface area contributed by atoms with Crippen molar-refractivity contribution in [3.63, 3.8) is 0 Å². The second-order valence-electron chi connectivity index (χ2n) is 6.18. The van der Waals surface area contributed by atoms with Crippen LogP contribution in [0, 0.1) is 0 Å². The lowest BCUT2D eigenvalue weighted by Crippen LogP contribution is -2.28. The maximum atomic E-state index is 6.13. The lowest BCUT2D eigenvalue weighted by atomic mass is 10.0. The van der Waals surface area contributed by atoms with E-state index in [1.165, 1.54) is 11.1 Å². The molecule has 0 aliphatic rings. The largest absolute Gasteiger partial charge is 0.377 e. The highest BCUT2D eigenvalue weighted by molar-refractivity contribution is 14.0. The molecule has 1 atom stereocenters. The number of para-hydroxylation sites is 1. The van der Waals surface area contributed by atoms with Crippen LogP contribution in [0.1, 0.15) is 38.3 Å². The maximum absolute atomic E-state index is 6.13. The van der Waals surface area contributed by atoms with Crippen molar-refractivity contribution < 1.29 is 4.74 Å². The summed E-state index contributed by atoms with van der Waals surface area (Å²) < 4.78 is 5.77. The number of halogens is 1. The Morgan fingerprint density at radius 1 is 1.20 bits per heavy atom. The number of nitrogens with one attached hydrogen (secondary N) is 1. The minimum atomic E-state index is 0. The number of rotatable bonds is 10. The summed E-state index contributed by atoms with van der Waals surface area (Å²) in [6, 6.07) is 6.37. The third-order valence-corrected chi connectivity index (χ3v) is 4.02. The fourth-order valence-corrected chi connectivity index (χ4v) is 2.64. The van der Waals surface area contributed by atoms with Gasteiger partial charge in [0.2, 0.25) is 0 Å². The Hall–Kier alpha value is -0.860. The average molecular weight is 462 g/mol. The average Bonchev–Trinajstić information content (AvgIpc) is 2.57.